The summed E-state index contributed by atoms with van der Waals surface area (Å²) in [5, 5.41) is 0. The summed E-state index contributed by atoms with van der Waals surface area (Å²) in [7, 11) is -3.06. The first-order valence-corrected chi connectivity index (χ1v) is 8.46. The van der Waals surface area contributed by atoms with E-state index in [1.54, 1.807) is 0 Å². The van der Waals surface area contributed by atoms with Crippen molar-refractivity contribution >= 4 is 10.0 Å². The van der Waals surface area contributed by atoms with Crippen LogP contribution in [0, 0.1) is 5.92 Å². The topological polar surface area (TPSA) is 72.2 Å². The van der Waals surface area contributed by atoms with Gasteiger partial charge in [0.15, 0.2) is 0 Å². The monoisotopic (exact) mass is 262 g/mol. The van der Waals surface area contributed by atoms with Gasteiger partial charge in [-0.05, 0) is 38.1 Å². The Hall–Kier alpha value is -0.130. The summed E-state index contributed by atoms with van der Waals surface area (Å²) in [4.78, 5) is 0. The van der Waals surface area contributed by atoms with Crippen LogP contribution in [0.3, 0.4) is 0 Å². The lowest BCUT2D eigenvalue weighted by Gasteiger charge is -2.09. The first-order valence-electron chi connectivity index (χ1n) is 6.81. The summed E-state index contributed by atoms with van der Waals surface area (Å²) in [5.74, 6) is 1.06. The largest absolute Gasteiger partial charge is 0.330 e. The molecule has 0 aromatic carbocycles. The first-order chi connectivity index (χ1) is 8.14. The van der Waals surface area contributed by atoms with Crippen molar-refractivity contribution in [3.05, 3.63) is 0 Å². The van der Waals surface area contributed by atoms with Gasteiger partial charge in [-0.25, -0.2) is 13.1 Å². The molecule has 5 heteroatoms. The van der Waals surface area contributed by atoms with Crippen LogP contribution in [0.15, 0.2) is 0 Å². The molecule has 0 bridgehead atoms. The van der Waals surface area contributed by atoms with E-state index in [0.717, 1.165) is 18.8 Å². The van der Waals surface area contributed by atoms with Crippen LogP contribution in [0.4, 0.5) is 0 Å². The van der Waals surface area contributed by atoms with Crippen molar-refractivity contribution in [2.45, 2.75) is 51.4 Å². The molecule has 0 radical (unpaired) electrons. The molecule has 3 N–H and O–H groups in total. The molecule has 17 heavy (non-hydrogen) atoms. The molecule has 0 heterocycles. The quantitative estimate of drug-likeness (QED) is 0.620. The van der Waals surface area contributed by atoms with E-state index < -0.39 is 10.0 Å². The Balaban J connectivity index is 2.03. The second kappa shape index (κ2) is 8.06. The zero-order valence-electron chi connectivity index (χ0n) is 10.7. The van der Waals surface area contributed by atoms with Crippen molar-refractivity contribution < 1.29 is 8.42 Å². The van der Waals surface area contributed by atoms with Crippen LogP contribution in [-0.2, 0) is 10.0 Å². The number of nitrogens with two attached hydrogens (primary N) is 1. The number of hydrogen-bond acceptors (Lipinski definition) is 3. The average Bonchev–Trinajstić information content (AvgIpc) is 2.77. The number of sulfonamides is 1. The molecule has 0 aromatic rings. The number of unbranched alkanes of at least 4 members (excludes halogenated alkanes) is 1. The molecule has 0 aliphatic heterocycles. The number of rotatable bonds is 9. The van der Waals surface area contributed by atoms with Crippen LogP contribution in [0.2, 0.25) is 0 Å². The van der Waals surface area contributed by atoms with Gasteiger partial charge in [0.1, 0.15) is 0 Å². The Kier molecular flexibility index (Phi) is 7.08. The fourth-order valence-corrected chi connectivity index (χ4v) is 3.61. The normalized spacial score (nSPS) is 17.7. The Labute approximate surface area is 105 Å². The van der Waals surface area contributed by atoms with E-state index in [2.05, 4.69) is 4.72 Å². The van der Waals surface area contributed by atoms with Crippen LogP contribution >= 0.6 is 0 Å². The van der Waals surface area contributed by atoms with Gasteiger partial charge in [0.2, 0.25) is 10.0 Å². The van der Waals surface area contributed by atoms with Crippen molar-refractivity contribution in [3.8, 4) is 0 Å². The molecular formula is C12H26N2O2S. The third-order valence-corrected chi connectivity index (χ3v) is 4.92. The van der Waals surface area contributed by atoms with Gasteiger partial charge < -0.3 is 5.73 Å². The van der Waals surface area contributed by atoms with Gasteiger partial charge >= 0.3 is 0 Å². The van der Waals surface area contributed by atoms with Gasteiger partial charge in [0.05, 0.1) is 5.75 Å². The van der Waals surface area contributed by atoms with Gasteiger partial charge in [0.25, 0.3) is 0 Å². The molecule has 4 nitrogen and oxygen atoms in total. The number of nitrogens with one attached hydrogen (secondary N) is 1. The SMILES string of the molecule is NCCCCS(=O)(=O)NCCCC1CCCC1. The molecule has 0 saturated heterocycles. The summed E-state index contributed by atoms with van der Waals surface area (Å²) in [6.45, 7) is 1.17. The minimum atomic E-state index is -3.06. The summed E-state index contributed by atoms with van der Waals surface area (Å²) in [5.41, 5.74) is 5.33. The van der Waals surface area contributed by atoms with E-state index in [1.807, 2.05) is 0 Å². The van der Waals surface area contributed by atoms with Gasteiger partial charge in [-0.3, -0.25) is 0 Å². The molecule has 0 atom stereocenters. The molecule has 0 unspecified atom stereocenters. The van der Waals surface area contributed by atoms with E-state index >= 15 is 0 Å². The Bertz CT molecular complexity index is 285. The van der Waals surface area contributed by atoms with Crippen LogP contribution in [0.5, 0.6) is 0 Å². The average molecular weight is 262 g/mol. The highest BCUT2D eigenvalue weighted by atomic mass is 32.2. The molecule has 1 saturated carbocycles. The smallest absolute Gasteiger partial charge is 0.211 e. The summed E-state index contributed by atoms with van der Waals surface area (Å²) in [6, 6.07) is 0. The molecule has 0 aromatic heterocycles. The molecule has 1 aliphatic carbocycles. The number of hydrogen-bond donors (Lipinski definition) is 2. The van der Waals surface area contributed by atoms with Crippen molar-refractivity contribution in [1.82, 2.24) is 4.72 Å². The highest BCUT2D eigenvalue weighted by Crippen LogP contribution is 2.28. The molecule has 102 valence electrons. The van der Waals surface area contributed by atoms with Gasteiger partial charge in [-0.2, -0.15) is 0 Å². The molecule has 1 aliphatic rings. The summed E-state index contributed by atoms with van der Waals surface area (Å²) < 4.78 is 25.8. The lowest BCUT2D eigenvalue weighted by Crippen LogP contribution is -2.27. The maximum Gasteiger partial charge on any atom is 0.211 e. The molecular weight excluding hydrogens is 236 g/mol. The second-order valence-electron chi connectivity index (χ2n) is 5.00. The lowest BCUT2D eigenvalue weighted by molar-refractivity contribution is 0.480. The fourth-order valence-electron chi connectivity index (χ4n) is 2.43. The maximum absolute atomic E-state index is 11.5. The summed E-state index contributed by atoms with van der Waals surface area (Å²) in [6.07, 6.45) is 8.97. The second-order valence-corrected chi connectivity index (χ2v) is 6.93. The lowest BCUT2D eigenvalue weighted by atomic mass is 10.0. The van der Waals surface area contributed by atoms with Crippen LogP contribution < -0.4 is 10.5 Å². The van der Waals surface area contributed by atoms with Crippen molar-refractivity contribution in [2.75, 3.05) is 18.8 Å². The van der Waals surface area contributed by atoms with Gasteiger partial charge in [0, 0.05) is 6.54 Å². The first kappa shape index (κ1) is 14.9. The van der Waals surface area contributed by atoms with Crippen molar-refractivity contribution in [1.29, 1.82) is 0 Å². The van der Waals surface area contributed by atoms with E-state index in [-0.39, 0.29) is 5.75 Å². The zero-order valence-corrected chi connectivity index (χ0v) is 11.5. The highest BCUT2D eigenvalue weighted by molar-refractivity contribution is 7.89. The zero-order chi connectivity index (χ0) is 12.6. The molecule has 0 amide bonds. The maximum atomic E-state index is 11.5. The predicted molar refractivity (Wildman–Crippen MR) is 71.3 cm³/mol. The fraction of sp³-hybridized carbons (Fsp3) is 1.00. The minimum Gasteiger partial charge on any atom is -0.330 e. The van der Waals surface area contributed by atoms with E-state index in [1.165, 1.54) is 32.1 Å². The van der Waals surface area contributed by atoms with Crippen LogP contribution in [0.1, 0.15) is 51.4 Å². The summed E-state index contributed by atoms with van der Waals surface area (Å²) >= 11 is 0. The van der Waals surface area contributed by atoms with Crippen LogP contribution in [-0.4, -0.2) is 27.3 Å². The third-order valence-electron chi connectivity index (χ3n) is 3.45. The van der Waals surface area contributed by atoms with E-state index in [4.69, 9.17) is 5.73 Å². The minimum absolute atomic E-state index is 0.216. The molecule has 1 rings (SSSR count). The predicted octanol–water partition coefficient (Wildman–Crippen LogP) is 1.62. The van der Waals surface area contributed by atoms with E-state index in [9.17, 15) is 8.42 Å². The Morgan fingerprint density at radius 3 is 2.47 bits per heavy atom. The Morgan fingerprint density at radius 1 is 1.12 bits per heavy atom. The van der Waals surface area contributed by atoms with Crippen molar-refractivity contribution in [3.63, 3.8) is 0 Å². The highest BCUT2D eigenvalue weighted by Gasteiger charge is 2.15. The van der Waals surface area contributed by atoms with Gasteiger partial charge in [-0.15, -0.1) is 0 Å². The third kappa shape index (κ3) is 7.01. The molecule has 1 fully saturated rings. The van der Waals surface area contributed by atoms with E-state index in [0.29, 0.717) is 19.5 Å². The Morgan fingerprint density at radius 2 is 1.82 bits per heavy atom. The standard InChI is InChI=1S/C12H26N2O2S/c13-9-3-4-11-17(15,16)14-10-5-8-12-6-1-2-7-12/h12,14H,1-11,13H2. The van der Waals surface area contributed by atoms with Gasteiger partial charge in [-0.1, -0.05) is 25.7 Å². The van der Waals surface area contributed by atoms with Crippen molar-refractivity contribution in [2.24, 2.45) is 11.7 Å². The molecule has 0 spiro atoms. The van der Waals surface area contributed by atoms with Crippen LogP contribution in [0.25, 0.3) is 0 Å².